The number of ketones is 1. The van der Waals surface area contributed by atoms with Gasteiger partial charge in [0.05, 0.1) is 23.3 Å². The molecule has 39 heavy (non-hydrogen) atoms. The first kappa shape index (κ1) is 25.9. The average molecular weight is 525 g/mol. The summed E-state index contributed by atoms with van der Waals surface area (Å²) in [4.78, 5) is 34.5. The van der Waals surface area contributed by atoms with Crippen LogP contribution in [0.1, 0.15) is 39.8 Å². The van der Waals surface area contributed by atoms with Crippen LogP contribution in [0.15, 0.2) is 85.1 Å². The largest absolute Gasteiger partial charge is 0.366 e. The van der Waals surface area contributed by atoms with Crippen molar-refractivity contribution in [2.45, 2.75) is 32.2 Å². The second-order valence-electron chi connectivity index (χ2n) is 9.54. The zero-order chi connectivity index (χ0) is 27.5. The van der Waals surface area contributed by atoms with Crippen molar-refractivity contribution in [2.75, 3.05) is 0 Å². The number of halogens is 2. The Bertz CT molecular complexity index is 1680. The number of imidazole rings is 1. The molecule has 0 saturated carbocycles. The molecule has 0 aliphatic heterocycles. The third kappa shape index (κ3) is 5.75. The lowest BCUT2D eigenvalue weighted by Gasteiger charge is -2.20. The summed E-state index contributed by atoms with van der Waals surface area (Å²) in [6.07, 6.45) is 1.88. The molecule has 1 atom stereocenters. The first-order chi connectivity index (χ1) is 18.8. The summed E-state index contributed by atoms with van der Waals surface area (Å²) in [7, 11) is 0. The summed E-state index contributed by atoms with van der Waals surface area (Å²) in [5.41, 5.74) is 9.90. The highest BCUT2D eigenvalue weighted by molar-refractivity contribution is 5.94. The van der Waals surface area contributed by atoms with E-state index in [0.29, 0.717) is 27.9 Å². The topological polar surface area (TPSA) is 90.9 Å². The molecule has 6 nitrogen and oxygen atoms in total. The van der Waals surface area contributed by atoms with Crippen LogP contribution in [0.2, 0.25) is 0 Å². The number of nitrogens with two attached hydrogens (primary N) is 1. The molecule has 0 bridgehead atoms. The molecule has 0 saturated heterocycles. The second-order valence-corrected chi connectivity index (χ2v) is 9.54. The molecule has 0 aliphatic carbocycles. The molecule has 2 heterocycles. The molecule has 0 spiro atoms. The number of rotatable bonds is 9. The lowest BCUT2D eigenvalue weighted by atomic mass is 9.86. The number of hydrogen-bond donors (Lipinski definition) is 1. The van der Waals surface area contributed by atoms with Crippen molar-refractivity contribution < 1.29 is 18.4 Å². The minimum Gasteiger partial charge on any atom is -0.366 e. The van der Waals surface area contributed by atoms with Gasteiger partial charge in [0.25, 0.3) is 0 Å². The molecule has 8 heteroatoms. The molecule has 2 aromatic heterocycles. The van der Waals surface area contributed by atoms with Crippen LogP contribution in [0.4, 0.5) is 8.78 Å². The fraction of sp³-hybridized carbons (Fsp3) is 0.161. The standard InChI is InChI=1S/C31H26F2N4O2/c1-19-36-28-9-2-3-10-29(28)37(19)18-26(38)16-23(12-20-13-24(32)17-25(33)14-20)30-27(8-5-11-35-30)21-6-4-7-22(15-21)31(34)39/h2-11,13-15,17,23H,12,16,18H2,1H3,(H2,34,39)/t23-/m1/s1. The van der Waals surface area contributed by atoms with Crippen LogP contribution in [0.5, 0.6) is 0 Å². The SMILES string of the molecule is Cc1nc2ccccc2n1CC(=O)C[C@@H](Cc1cc(F)cc(F)c1)c1ncccc1-c1cccc(C(N)=O)c1. The first-order valence-electron chi connectivity index (χ1n) is 12.5. The van der Waals surface area contributed by atoms with Gasteiger partial charge in [0, 0.05) is 35.7 Å². The van der Waals surface area contributed by atoms with Crippen molar-refractivity contribution >= 4 is 22.7 Å². The summed E-state index contributed by atoms with van der Waals surface area (Å²) in [6.45, 7) is 1.95. The maximum atomic E-state index is 14.1. The normalized spacial score (nSPS) is 12.0. The van der Waals surface area contributed by atoms with Gasteiger partial charge in [-0.1, -0.05) is 30.3 Å². The maximum Gasteiger partial charge on any atom is 0.248 e. The van der Waals surface area contributed by atoms with Crippen molar-refractivity contribution in [3.63, 3.8) is 0 Å². The molecule has 1 amide bonds. The van der Waals surface area contributed by atoms with Gasteiger partial charge in [0.15, 0.2) is 5.78 Å². The van der Waals surface area contributed by atoms with E-state index in [1.165, 1.54) is 12.1 Å². The summed E-state index contributed by atoms with van der Waals surface area (Å²) in [5, 5.41) is 0. The minimum atomic E-state index is -0.689. The zero-order valence-electron chi connectivity index (χ0n) is 21.3. The van der Waals surface area contributed by atoms with E-state index in [0.717, 1.165) is 22.9 Å². The van der Waals surface area contributed by atoms with E-state index in [-0.39, 0.29) is 25.2 Å². The number of fused-ring (bicyclic) bond motifs is 1. The van der Waals surface area contributed by atoms with Crippen molar-refractivity contribution in [2.24, 2.45) is 5.73 Å². The first-order valence-corrected chi connectivity index (χ1v) is 12.5. The van der Waals surface area contributed by atoms with Crippen LogP contribution in [0.3, 0.4) is 0 Å². The van der Waals surface area contributed by atoms with E-state index in [2.05, 4.69) is 9.97 Å². The Hall–Kier alpha value is -4.72. The summed E-state index contributed by atoms with van der Waals surface area (Å²) in [5.74, 6) is -1.80. The van der Waals surface area contributed by atoms with Crippen LogP contribution >= 0.6 is 0 Å². The highest BCUT2D eigenvalue weighted by atomic mass is 19.1. The molecule has 0 fully saturated rings. The predicted octanol–water partition coefficient (Wildman–Crippen LogP) is 5.77. The van der Waals surface area contributed by atoms with Crippen LogP contribution < -0.4 is 5.73 Å². The van der Waals surface area contributed by atoms with Gasteiger partial charge in [-0.05, 0) is 66.9 Å². The summed E-state index contributed by atoms with van der Waals surface area (Å²) in [6, 6.07) is 21.4. The Morgan fingerprint density at radius 1 is 0.949 bits per heavy atom. The van der Waals surface area contributed by atoms with Crippen LogP contribution in [-0.2, 0) is 17.8 Å². The average Bonchev–Trinajstić information content (AvgIpc) is 3.22. The lowest BCUT2D eigenvalue weighted by molar-refractivity contribution is -0.120. The minimum absolute atomic E-state index is 0.0730. The lowest BCUT2D eigenvalue weighted by Crippen LogP contribution is -2.17. The van der Waals surface area contributed by atoms with Crippen molar-refractivity contribution in [1.29, 1.82) is 0 Å². The van der Waals surface area contributed by atoms with Gasteiger partial charge in [0.1, 0.15) is 17.5 Å². The number of para-hydroxylation sites is 2. The number of amides is 1. The maximum absolute atomic E-state index is 14.1. The monoisotopic (exact) mass is 524 g/mol. The molecule has 5 aromatic rings. The number of aromatic nitrogens is 3. The molecule has 0 aliphatic rings. The second kappa shape index (κ2) is 10.9. The van der Waals surface area contributed by atoms with E-state index >= 15 is 0 Å². The zero-order valence-corrected chi connectivity index (χ0v) is 21.3. The number of Topliss-reactive ketones (excluding diaryl/α,β-unsaturated/α-hetero) is 1. The molecule has 0 unspecified atom stereocenters. The highest BCUT2D eigenvalue weighted by Gasteiger charge is 2.23. The number of carbonyl (C=O) groups is 2. The van der Waals surface area contributed by atoms with Crippen molar-refractivity contribution in [3.05, 3.63) is 119 Å². The van der Waals surface area contributed by atoms with E-state index in [1.807, 2.05) is 47.9 Å². The Kier molecular flexibility index (Phi) is 7.27. The Labute approximate surface area is 224 Å². The van der Waals surface area contributed by atoms with Gasteiger partial charge in [-0.3, -0.25) is 14.6 Å². The van der Waals surface area contributed by atoms with E-state index in [1.54, 1.807) is 30.5 Å². The summed E-state index contributed by atoms with van der Waals surface area (Å²) < 4.78 is 30.0. The molecular weight excluding hydrogens is 498 g/mol. The van der Waals surface area contributed by atoms with E-state index in [4.69, 9.17) is 5.73 Å². The third-order valence-corrected chi connectivity index (χ3v) is 6.74. The number of aryl methyl sites for hydroxylation is 1. The van der Waals surface area contributed by atoms with Crippen LogP contribution in [-0.4, -0.2) is 26.2 Å². The number of benzene rings is 3. The van der Waals surface area contributed by atoms with Crippen LogP contribution in [0, 0.1) is 18.6 Å². The number of carbonyl (C=O) groups excluding carboxylic acids is 2. The van der Waals surface area contributed by atoms with Gasteiger partial charge in [-0.25, -0.2) is 13.8 Å². The third-order valence-electron chi connectivity index (χ3n) is 6.74. The highest BCUT2D eigenvalue weighted by Crippen LogP contribution is 2.33. The Morgan fingerprint density at radius 2 is 1.72 bits per heavy atom. The number of hydrogen-bond acceptors (Lipinski definition) is 4. The van der Waals surface area contributed by atoms with Gasteiger partial charge in [0.2, 0.25) is 5.91 Å². The molecule has 5 rings (SSSR count). The smallest absolute Gasteiger partial charge is 0.248 e. The van der Waals surface area contributed by atoms with Crippen LogP contribution in [0.25, 0.3) is 22.2 Å². The molecule has 3 aromatic carbocycles. The Morgan fingerprint density at radius 3 is 2.49 bits per heavy atom. The van der Waals surface area contributed by atoms with E-state index in [9.17, 15) is 18.4 Å². The van der Waals surface area contributed by atoms with Crippen molar-refractivity contribution in [3.8, 4) is 11.1 Å². The van der Waals surface area contributed by atoms with Gasteiger partial charge in [-0.2, -0.15) is 0 Å². The van der Waals surface area contributed by atoms with Gasteiger partial charge >= 0.3 is 0 Å². The molecule has 196 valence electrons. The quantitative estimate of drug-likeness (QED) is 0.265. The number of primary amides is 1. The fourth-order valence-electron chi connectivity index (χ4n) is 5.02. The van der Waals surface area contributed by atoms with Gasteiger partial charge in [-0.15, -0.1) is 0 Å². The molecular formula is C31H26F2N4O2. The fourth-order valence-corrected chi connectivity index (χ4v) is 5.02. The summed E-state index contributed by atoms with van der Waals surface area (Å²) >= 11 is 0. The van der Waals surface area contributed by atoms with Gasteiger partial charge < -0.3 is 10.3 Å². The molecule has 0 radical (unpaired) electrons. The Balaban J connectivity index is 1.53. The number of pyridine rings is 1. The van der Waals surface area contributed by atoms with E-state index < -0.39 is 23.5 Å². The number of nitrogens with zero attached hydrogens (tertiary/aromatic N) is 3. The molecule has 2 N–H and O–H groups in total. The predicted molar refractivity (Wildman–Crippen MR) is 145 cm³/mol. The van der Waals surface area contributed by atoms with Crippen molar-refractivity contribution in [1.82, 2.24) is 14.5 Å².